The number of nitrogens with zero attached hydrogens (tertiary/aromatic N) is 1. The summed E-state index contributed by atoms with van der Waals surface area (Å²) in [7, 11) is 0. The van der Waals surface area contributed by atoms with E-state index in [1.54, 1.807) is 12.1 Å². The lowest BCUT2D eigenvalue weighted by atomic mass is 10.1. The number of benzene rings is 1. The predicted octanol–water partition coefficient (Wildman–Crippen LogP) is 0.958. The third kappa shape index (κ3) is 3.92. The van der Waals surface area contributed by atoms with Crippen LogP contribution in [0.1, 0.15) is 29.3 Å². The van der Waals surface area contributed by atoms with Crippen LogP contribution in [-0.4, -0.2) is 31.2 Å². The number of carbonyl (C=O) groups excluding carboxylic acids is 2. The molecule has 4 N–H and O–H groups in total. The Morgan fingerprint density at radius 2 is 2.24 bits per heavy atom. The minimum atomic E-state index is -0.204. The van der Waals surface area contributed by atoms with Gasteiger partial charge in [-0.2, -0.15) is 0 Å². The molecule has 21 heavy (non-hydrogen) atoms. The van der Waals surface area contributed by atoms with Crippen LogP contribution < -0.4 is 16.4 Å². The second-order valence-electron chi connectivity index (χ2n) is 4.87. The normalized spacial score (nSPS) is 13.4. The lowest BCUT2D eigenvalue weighted by Crippen LogP contribution is -2.31. The number of nitrogens with two attached hydrogens (primary N) is 1. The Morgan fingerprint density at radius 1 is 1.43 bits per heavy atom. The van der Waals surface area contributed by atoms with E-state index in [0.717, 1.165) is 11.1 Å². The first-order chi connectivity index (χ1) is 10.1. The summed E-state index contributed by atoms with van der Waals surface area (Å²) in [6.07, 6.45) is 3.25. The first kappa shape index (κ1) is 14.8. The lowest BCUT2D eigenvalue weighted by Gasteiger charge is -2.07. The number of hydrogen-bond acceptors (Lipinski definition) is 4. The van der Waals surface area contributed by atoms with Crippen LogP contribution in [0.2, 0.25) is 0 Å². The van der Waals surface area contributed by atoms with Crippen molar-refractivity contribution >= 4 is 29.9 Å². The van der Waals surface area contributed by atoms with Gasteiger partial charge < -0.3 is 16.4 Å². The van der Waals surface area contributed by atoms with E-state index in [4.69, 9.17) is 5.73 Å². The lowest BCUT2D eigenvalue weighted by molar-refractivity contribution is -0.109. The Kier molecular flexibility index (Phi) is 4.71. The molecule has 0 aromatic heterocycles. The topological polar surface area (TPSA) is 96.6 Å². The molecule has 0 fully saturated rings. The van der Waals surface area contributed by atoms with Gasteiger partial charge in [-0.05, 0) is 19.1 Å². The van der Waals surface area contributed by atoms with Gasteiger partial charge in [0.15, 0.2) is 0 Å². The molecule has 1 heterocycles. The van der Waals surface area contributed by atoms with E-state index in [0.29, 0.717) is 43.0 Å². The third-order valence-corrected chi connectivity index (χ3v) is 3.06. The largest absolute Gasteiger partial charge is 0.387 e. The highest BCUT2D eigenvalue weighted by molar-refractivity contribution is 5.97. The fourth-order valence-corrected chi connectivity index (χ4v) is 2.11. The molecule has 2 rings (SSSR count). The van der Waals surface area contributed by atoms with Crippen LogP contribution in [0.15, 0.2) is 28.8 Å². The number of carbonyl (C=O) groups is 2. The van der Waals surface area contributed by atoms with Gasteiger partial charge in [-0.1, -0.05) is 17.7 Å². The van der Waals surface area contributed by atoms with Crippen molar-refractivity contribution in [3.05, 3.63) is 34.9 Å². The number of nitrogens with one attached hydrogen (secondary N) is 2. The predicted molar refractivity (Wildman–Crippen MR) is 82.4 cm³/mol. The number of fused-ring (bicyclic) bond motifs is 1. The maximum atomic E-state index is 12.0. The summed E-state index contributed by atoms with van der Waals surface area (Å²) in [5.74, 6) is 0.333. The molecule has 1 aliphatic heterocycles. The number of rotatable bonds is 5. The van der Waals surface area contributed by atoms with E-state index in [9.17, 15) is 9.59 Å². The summed E-state index contributed by atoms with van der Waals surface area (Å²) >= 11 is 0. The second kappa shape index (κ2) is 6.69. The molecule has 0 aliphatic carbocycles. The first-order valence-corrected chi connectivity index (χ1v) is 6.69. The van der Waals surface area contributed by atoms with E-state index >= 15 is 0 Å². The second-order valence-corrected chi connectivity index (χ2v) is 4.87. The fourth-order valence-electron chi connectivity index (χ4n) is 2.11. The van der Waals surface area contributed by atoms with Crippen LogP contribution in [0.25, 0.3) is 6.08 Å². The van der Waals surface area contributed by atoms with Crippen LogP contribution >= 0.6 is 0 Å². The molecule has 2 amide bonds. The molecule has 1 aromatic carbocycles. The van der Waals surface area contributed by atoms with Crippen molar-refractivity contribution in [3.8, 4) is 0 Å². The zero-order chi connectivity index (χ0) is 15.2. The molecule has 0 unspecified atom stereocenters. The van der Waals surface area contributed by atoms with Gasteiger partial charge in [0.05, 0.1) is 5.69 Å². The van der Waals surface area contributed by atoms with Gasteiger partial charge in [-0.3, -0.25) is 9.59 Å². The average Bonchev–Trinajstić information content (AvgIpc) is 2.58. The molecule has 6 nitrogen and oxygen atoms in total. The van der Waals surface area contributed by atoms with Gasteiger partial charge in [-0.15, -0.1) is 0 Å². The van der Waals surface area contributed by atoms with E-state index in [2.05, 4.69) is 15.6 Å². The molecule has 0 atom stereocenters. The van der Waals surface area contributed by atoms with E-state index < -0.39 is 0 Å². The van der Waals surface area contributed by atoms with Gasteiger partial charge in [-0.25, -0.2) is 4.99 Å². The minimum absolute atomic E-state index is 0.204. The summed E-state index contributed by atoms with van der Waals surface area (Å²) in [6, 6.07) is 5.33. The summed E-state index contributed by atoms with van der Waals surface area (Å²) in [4.78, 5) is 26.5. The maximum Gasteiger partial charge on any atom is 0.251 e. The smallest absolute Gasteiger partial charge is 0.251 e. The fraction of sp³-hybridized carbons (Fsp3) is 0.267. The summed E-state index contributed by atoms with van der Waals surface area (Å²) in [5.41, 5.74) is 9.14. The van der Waals surface area contributed by atoms with E-state index in [1.807, 2.05) is 19.1 Å². The van der Waals surface area contributed by atoms with E-state index in [-0.39, 0.29) is 5.91 Å². The average molecular weight is 286 g/mol. The van der Waals surface area contributed by atoms with Crippen molar-refractivity contribution in [2.45, 2.75) is 13.3 Å². The highest BCUT2D eigenvalue weighted by atomic mass is 16.1. The number of amidine groups is 1. The number of hydrogen-bond donors (Lipinski definition) is 3. The van der Waals surface area contributed by atoms with Crippen LogP contribution in [0.3, 0.4) is 0 Å². The molecule has 1 aliphatic rings. The van der Waals surface area contributed by atoms with Crippen molar-refractivity contribution in [1.29, 1.82) is 0 Å². The van der Waals surface area contributed by atoms with Crippen LogP contribution in [0, 0.1) is 0 Å². The van der Waals surface area contributed by atoms with Crippen molar-refractivity contribution in [3.63, 3.8) is 0 Å². The quantitative estimate of drug-likeness (QED) is 0.555. The third-order valence-electron chi connectivity index (χ3n) is 3.06. The monoisotopic (exact) mass is 286 g/mol. The molecule has 0 spiro atoms. The molecule has 0 saturated carbocycles. The van der Waals surface area contributed by atoms with Crippen LogP contribution in [0.4, 0.5) is 5.69 Å². The van der Waals surface area contributed by atoms with Gasteiger partial charge in [0.2, 0.25) is 6.41 Å². The van der Waals surface area contributed by atoms with Gasteiger partial charge in [0.1, 0.15) is 5.84 Å². The molecule has 0 radical (unpaired) electrons. The number of amides is 2. The Bertz CT molecular complexity index is 620. The summed E-state index contributed by atoms with van der Waals surface area (Å²) < 4.78 is 0. The standard InChI is InChI=1S/C15H18N4O2/c1-10-6-11-2-3-12(8-13(11)19-14(16)7-10)15(21)18-5-4-17-9-20/h2-3,6,8-9H,4-5,7H2,1H3,(H2,16,19)(H,17,20)(H,18,21). The molecule has 0 saturated heterocycles. The minimum Gasteiger partial charge on any atom is -0.387 e. The zero-order valence-corrected chi connectivity index (χ0v) is 11.8. The van der Waals surface area contributed by atoms with E-state index in [1.165, 1.54) is 0 Å². The summed E-state index contributed by atoms with van der Waals surface area (Å²) in [6.45, 7) is 2.77. The van der Waals surface area contributed by atoms with Crippen molar-refractivity contribution in [2.24, 2.45) is 10.7 Å². The summed E-state index contributed by atoms with van der Waals surface area (Å²) in [5, 5.41) is 5.20. The molecular formula is C15H18N4O2. The maximum absolute atomic E-state index is 12.0. The highest BCUT2D eigenvalue weighted by Gasteiger charge is 2.11. The van der Waals surface area contributed by atoms with Gasteiger partial charge in [0, 0.05) is 30.6 Å². The Balaban J connectivity index is 2.15. The Hall–Kier alpha value is -2.63. The molecule has 0 bridgehead atoms. The molecule has 110 valence electrons. The SMILES string of the molecule is CC1=Cc2ccc(C(=O)NCCNC=O)cc2N=C(N)C1. The van der Waals surface area contributed by atoms with Crippen molar-refractivity contribution in [2.75, 3.05) is 13.1 Å². The Morgan fingerprint density at radius 3 is 3.00 bits per heavy atom. The van der Waals surface area contributed by atoms with Crippen molar-refractivity contribution in [1.82, 2.24) is 10.6 Å². The van der Waals surface area contributed by atoms with Crippen molar-refractivity contribution < 1.29 is 9.59 Å². The highest BCUT2D eigenvalue weighted by Crippen LogP contribution is 2.27. The first-order valence-electron chi connectivity index (χ1n) is 6.69. The Labute approximate surface area is 123 Å². The molecule has 6 heteroatoms. The molecule has 1 aromatic rings. The van der Waals surface area contributed by atoms with Gasteiger partial charge >= 0.3 is 0 Å². The van der Waals surface area contributed by atoms with Gasteiger partial charge in [0.25, 0.3) is 5.91 Å². The number of aliphatic imine (C=N–C) groups is 1. The van der Waals surface area contributed by atoms with Crippen LogP contribution in [0.5, 0.6) is 0 Å². The van der Waals surface area contributed by atoms with Crippen LogP contribution in [-0.2, 0) is 4.79 Å². The zero-order valence-electron chi connectivity index (χ0n) is 11.8. The molecular weight excluding hydrogens is 268 g/mol.